The fourth-order valence-corrected chi connectivity index (χ4v) is 2.04. The Kier molecular flexibility index (Phi) is 3.97. The standard InChI is InChI=1S/C15H18N2O4/c1-15(2,3)21-11(18)9-17-13(19)12(16-14(17)20)10-7-5-4-6-8-10/h4-8,12H,9H2,1-3H3,(H,16,20)/t12-/m1/s1. The number of imide groups is 1. The predicted molar refractivity (Wildman–Crippen MR) is 75.3 cm³/mol. The van der Waals surface area contributed by atoms with Crippen LogP contribution in [0, 0.1) is 0 Å². The van der Waals surface area contributed by atoms with E-state index in [4.69, 9.17) is 4.74 Å². The van der Waals surface area contributed by atoms with E-state index in [2.05, 4.69) is 5.32 Å². The van der Waals surface area contributed by atoms with Gasteiger partial charge in [-0.15, -0.1) is 0 Å². The minimum atomic E-state index is -0.749. The molecule has 0 aliphatic carbocycles. The summed E-state index contributed by atoms with van der Waals surface area (Å²) in [5, 5.41) is 2.57. The van der Waals surface area contributed by atoms with Crippen LogP contribution in [0.25, 0.3) is 0 Å². The fraction of sp³-hybridized carbons (Fsp3) is 0.400. The zero-order chi connectivity index (χ0) is 15.6. The Balaban J connectivity index is 2.07. The van der Waals surface area contributed by atoms with Crippen LogP contribution in [-0.2, 0) is 14.3 Å². The molecule has 0 aromatic heterocycles. The summed E-state index contributed by atoms with van der Waals surface area (Å²) in [5.74, 6) is -1.06. The van der Waals surface area contributed by atoms with Crippen LogP contribution in [-0.4, -0.2) is 35.0 Å². The Labute approximate surface area is 123 Å². The smallest absolute Gasteiger partial charge is 0.326 e. The molecule has 112 valence electrons. The lowest BCUT2D eigenvalue weighted by Crippen LogP contribution is -2.38. The van der Waals surface area contributed by atoms with E-state index in [-0.39, 0.29) is 6.54 Å². The summed E-state index contributed by atoms with van der Waals surface area (Å²) in [4.78, 5) is 36.7. The van der Waals surface area contributed by atoms with Gasteiger partial charge in [-0.05, 0) is 26.3 Å². The van der Waals surface area contributed by atoms with Crippen LogP contribution in [0.5, 0.6) is 0 Å². The predicted octanol–water partition coefficient (Wildman–Crippen LogP) is 1.62. The normalized spacial score (nSPS) is 18.6. The lowest BCUT2D eigenvalue weighted by molar-refractivity contribution is -0.157. The Morgan fingerprint density at radius 1 is 1.24 bits per heavy atom. The molecular formula is C15H18N2O4. The zero-order valence-corrected chi connectivity index (χ0v) is 12.3. The van der Waals surface area contributed by atoms with Crippen molar-refractivity contribution in [1.29, 1.82) is 0 Å². The van der Waals surface area contributed by atoms with Gasteiger partial charge >= 0.3 is 12.0 Å². The summed E-state index contributed by atoms with van der Waals surface area (Å²) in [7, 11) is 0. The first-order chi connectivity index (χ1) is 9.78. The van der Waals surface area contributed by atoms with E-state index < -0.39 is 29.6 Å². The van der Waals surface area contributed by atoms with Crippen molar-refractivity contribution in [2.45, 2.75) is 32.4 Å². The number of urea groups is 1. The maximum atomic E-state index is 12.3. The second-order valence-electron chi connectivity index (χ2n) is 5.80. The summed E-state index contributed by atoms with van der Waals surface area (Å²) in [6, 6.07) is 7.56. The molecule has 1 heterocycles. The highest BCUT2D eigenvalue weighted by Gasteiger charge is 2.40. The number of carbonyl (C=O) groups excluding carboxylic acids is 3. The molecule has 6 nitrogen and oxygen atoms in total. The summed E-state index contributed by atoms with van der Waals surface area (Å²) in [6.07, 6.45) is 0. The minimum Gasteiger partial charge on any atom is -0.459 e. The van der Waals surface area contributed by atoms with Crippen molar-refractivity contribution in [1.82, 2.24) is 10.2 Å². The monoisotopic (exact) mass is 290 g/mol. The highest BCUT2D eigenvalue weighted by molar-refractivity contribution is 6.06. The van der Waals surface area contributed by atoms with Crippen molar-refractivity contribution < 1.29 is 19.1 Å². The van der Waals surface area contributed by atoms with Crippen LogP contribution in [0.2, 0.25) is 0 Å². The fourth-order valence-electron chi connectivity index (χ4n) is 2.04. The quantitative estimate of drug-likeness (QED) is 0.678. The largest absolute Gasteiger partial charge is 0.459 e. The number of ether oxygens (including phenoxy) is 1. The molecule has 3 amide bonds. The molecule has 0 radical (unpaired) electrons. The topological polar surface area (TPSA) is 75.7 Å². The van der Waals surface area contributed by atoms with Crippen LogP contribution in [0.1, 0.15) is 32.4 Å². The van der Waals surface area contributed by atoms with Crippen LogP contribution in [0.4, 0.5) is 4.79 Å². The first kappa shape index (κ1) is 15.0. The number of hydrogen-bond donors (Lipinski definition) is 1. The Bertz CT molecular complexity index is 563. The summed E-state index contributed by atoms with van der Waals surface area (Å²) in [6.45, 7) is 4.79. The van der Waals surface area contributed by atoms with Gasteiger partial charge in [0.05, 0.1) is 0 Å². The third kappa shape index (κ3) is 3.59. The molecule has 1 aromatic carbocycles. The van der Waals surface area contributed by atoms with Crippen molar-refractivity contribution in [3.8, 4) is 0 Å². The molecule has 0 unspecified atom stereocenters. The van der Waals surface area contributed by atoms with Crippen LogP contribution < -0.4 is 5.32 Å². The van der Waals surface area contributed by atoms with Gasteiger partial charge in [0.25, 0.3) is 5.91 Å². The summed E-state index contributed by atoms with van der Waals surface area (Å²) in [5.41, 5.74) is 0.0253. The van der Waals surface area contributed by atoms with Crippen LogP contribution in [0.15, 0.2) is 30.3 Å². The number of nitrogens with one attached hydrogen (secondary N) is 1. The summed E-state index contributed by atoms with van der Waals surface area (Å²) < 4.78 is 5.12. The number of benzene rings is 1. The van der Waals surface area contributed by atoms with Crippen molar-refractivity contribution >= 4 is 17.9 Å². The molecule has 1 aliphatic rings. The van der Waals surface area contributed by atoms with E-state index in [0.717, 1.165) is 4.90 Å². The second kappa shape index (κ2) is 5.55. The Morgan fingerprint density at radius 2 is 1.86 bits per heavy atom. The third-order valence-electron chi connectivity index (χ3n) is 2.87. The zero-order valence-electron chi connectivity index (χ0n) is 12.3. The van der Waals surface area contributed by atoms with Gasteiger partial charge in [-0.25, -0.2) is 4.79 Å². The van der Waals surface area contributed by atoms with Gasteiger partial charge in [-0.3, -0.25) is 14.5 Å². The molecule has 1 aromatic rings. The molecule has 0 saturated carbocycles. The first-order valence-electron chi connectivity index (χ1n) is 6.66. The molecule has 6 heteroatoms. The number of hydrogen-bond acceptors (Lipinski definition) is 4. The van der Waals surface area contributed by atoms with E-state index in [0.29, 0.717) is 5.56 Å². The molecule has 1 atom stereocenters. The molecule has 1 saturated heterocycles. The molecule has 1 fully saturated rings. The van der Waals surface area contributed by atoms with E-state index in [9.17, 15) is 14.4 Å². The van der Waals surface area contributed by atoms with Crippen molar-refractivity contribution in [2.24, 2.45) is 0 Å². The highest BCUT2D eigenvalue weighted by Crippen LogP contribution is 2.21. The maximum Gasteiger partial charge on any atom is 0.326 e. The van der Waals surface area contributed by atoms with Gasteiger partial charge < -0.3 is 10.1 Å². The summed E-state index contributed by atoms with van der Waals surface area (Å²) >= 11 is 0. The lowest BCUT2D eigenvalue weighted by Gasteiger charge is -2.21. The molecule has 0 bridgehead atoms. The number of amides is 3. The number of rotatable bonds is 3. The Morgan fingerprint density at radius 3 is 2.43 bits per heavy atom. The number of carbonyl (C=O) groups is 3. The molecule has 2 rings (SSSR count). The lowest BCUT2D eigenvalue weighted by atomic mass is 10.1. The van der Waals surface area contributed by atoms with Crippen molar-refractivity contribution in [2.75, 3.05) is 6.54 Å². The molecule has 0 spiro atoms. The van der Waals surface area contributed by atoms with Crippen LogP contribution in [0.3, 0.4) is 0 Å². The van der Waals surface area contributed by atoms with E-state index >= 15 is 0 Å². The third-order valence-corrected chi connectivity index (χ3v) is 2.87. The average Bonchev–Trinajstić information content (AvgIpc) is 2.66. The van der Waals surface area contributed by atoms with E-state index in [1.54, 1.807) is 45.0 Å². The SMILES string of the molecule is CC(C)(C)OC(=O)CN1C(=O)N[C@H](c2ccccc2)C1=O. The van der Waals surface area contributed by atoms with E-state index in [1.807, 2.05) is 6.07 Å². The van der Waals surface area contributed by atoms with Gasteiger partial charge in [0.1, 0.15) is 18.2 Å². The van der Waals surface area contributed by atoms with Gasteiger partial charge in [0, 0.05) is 0 Å². The van der Waals surface area contributed by atoms with Crippen molar-refractivity contribution in [3.05, 3.63) is 35.9 Å². The van der Waals surface area contributed by atoms with Crippen molar-refractivity contribution in [3.63, 3.8) is 0 Å². The van der Waals surface area contributed by atoms with Gasteiger partial charge in [-0.2, -0.15) is 0 Å². The molecule has 21 heavy (non-hydrogen) atoms. The van der Waals surface area contributed by atoms with Gasteiger partial charge in [-0.1, -0.05) is 30.3 Å². The first-order valence-corrected chi connectivity index (χ1v) is 6.66. The van der Waals surface area contributed by atoms with Gasteiger partial charge in [0.15, 0.2) is 0 Å². The highest BCUT2D eigenvalue weighted by atomic mass is 16.6. The Hall–Kier alpha value is -2.37. The number of esters is 1. The van der Waals surface area contributed by atoms with E-state index in [1.165, 1.54) is 0 Å². The molecular weight excluding hydrogens is 272 g/mol. The maximum absolute atomic E-state index is 12.3. The molecule has 1 aliphatic heterocycles. The minimum absolute atomic E-state index is 0.384. The average molecular weight is 290 g/mol. The van der Waals surface area contributed by atoms with Crippen LogP contribution >= 0.6 is 0 Å². The second-order valence-corrected chi connectivity index (χ2v) is 5.80. The van der Waals surface area contributed by atoms with Gasteiger partial charge in [0.2, 0.25) is 0 Å². The molecule has 1 N–H and O–H groups in total. The number of nitrogens with zero attached hydrogens (tertiary/aromatic N) is 1.